The first-order chi connectivity index (χ1) is 16.3. The van der Waals surface area contributed by atoms with Crippen molar-refractivity contribution in [3.8, 4) is 5.75 Å². The standard InChI is InChI=1S/C25H29BrN4O3S/c1-4-17-12-22(33-3)8-5-18(17)15-28-34(31,32)25-10-6-20(26)13-24(25)30-21-7-9-23-19(11-21)14-27-16(2)29-23/h5-6,8,10,12-14,21,28,30H,4,7,9,11,15H2,1-3H3. The van der Waals surface area contributed by atoms with Gasteiger partial charge in [-0.2, -0.15) is 0 Å². The molecule has 1 aliphatic rings. The lowest BCUT2D eigenvalue weighted by Crippen LogP contribution is -2.30. The van der Waals surface area contributed by atoms with E-state index in [-0.39, 0.29) is 17.5 Å². The average Bonchev–Trinajstić information content (AvgIpc) is 2.82. The number of sulfonamides is 1. The Kier molecular flexibility index (Phi) is 7.54. The minimum Gasteiger partial charge on any atom is -0.497 e. The van der Waals surface area contributed by atoms with Gasteiger partial charge in [-0.05, 0) is 79.6 Å². The van der Waals surface area contributed by atoms with Crippen LogP contribution >= 0.6 is 15.9 Å². The molecule has 3 aromatic rings. The number of nitrogens with one attached hydrogen (secondary N) is 2. The van der Waals surface area contributed by atoms with Crippen molar-refractivity contribution in [3.05, 3.63) is 75.3 Å². The fourth-order valence-electron chi connectivity index (χ4n) is 4.28. The molecule has 7 nitrogen and oxygen atoms in total. The summed E-state index contributed by atoms with van der Waals surface area (Å²) in [6.45, 7) is 4.14. The third kappa shape index (κ3) is 5.59. The van der Waals surface area contributed by atoms with Crippen molar-refractivity contribution in [3.63, 3.8) is 0 Å². The SMILES string of the molecule is CCc1cc(OC)ccc1CNS(=O)(=O)c1ccc(Br)cc1NC1CCc2nc(C)ncc2C1. The van der Waals surface area contributed by atoms with Crippen LogP contribution in [0.3, 0.4) is 0 Å². The number of hydrogen-bond acceptors (Lipinski definition) is 6. The Morgan fingerprint density at radius 3 is 2.76 bits per heavy atom. The molecule has 1 atom stereocenters. The van der Waals surface area contributed by atoms with Crippen LogP contribution in [0.25, 0.3) is 0 Å². The molecule has 1 aromatic heterocycles. The lowest BCUT2D eigenvalue weighted by Gasteiger charge is -2.26. The van der Waals surface area contributed by atoms with E-state index in [1.807, 2.05) is 44.3 Å². The van der Waals surface area contributed by atoms with Gasteiger partial charge >= 0.3 is 0 Å². The summed E-state index contributed by atoms with van der Waals surface area (Å²) < 4.78 is 35.5. The number of fused-ring (bicyclic) bond motifs is 1. The lowest BCUT2D eigenvalue weighted by molar-refractivity contribution is 0.414. The summed E-state index contributed by atoms with van der Waals surface area (Å²) in [7, 11) is -2.13. The van der Waals surface area contributed by atoms with Crippen molar-refractivity contribution in [1.82, 2.24) is 14.7 Å². The maximum absolute atomic E-state index is 13.3. The molecule has 0 saturated carbocycles. The fourth-order valence-corrected chi connectivity index (χ4v) is 5.80. The fraction of sp³-hybridized carbons (Fsp3) is 0.360. The molecule has 0 spiro atoms. The highest BCUT2D eigenvalue weighted by Gasteiger charge is 2.24. The minimum atomic E-state index is -3.75. The number of rotatable bonds is 8. The largest absolute Gasteiger partial charge is 0.497 e. The highest BCUT2D eigenvalue weighted by Crippen LogP contribution is 2.29. The van der Waals surface area contributed by atoms with Gasteiger partial charge in [0.05, 0.1) is 12.8 Å². The van der Waals surface area contributed by atoms with E-state index in [0.717, 1.165) is 64.1 Å². The number of benzene rings is 2. The van der Waals surface area contributed by atoms with E-state index in [9.17, 15) is 8.42 Å². The third-order valence-electron chi connectivity index (χ3n) is 6.11. The molecule has 1 aliphatic carbocycles. The number of nitrogens with zero attached hydrogens (tertiary/aromatic N) is 2. The molecule has 1 heterocycles. The molecular weight excluding hydrogens is 516 g/mol. The van der Waals surface area contributed by atoms with Gasteiger partial charge in [0.1, 0.15) is 16.5 Å². The summed E-state index contributed by atoms with van der Waals surface area (Å²) in [4.78, 5) is 9.10. The molecule has 2 N–H and O–H groups in total. The van der Waals surface area contributed by atoms with Gasteiger partial charge in [-0.15, -0.1) is 0 Å². The second-order valence-corrected chi connectivity index (χ2v) is 11.1. The normalized spacial score (nSPS) is 15.6. The summed E-state index contributed by atoms with van der Waals surface area (Å²) >= 11 is 3.48. The average molecular weight is 546 g/mol. The van der Waals surface area contributed by atoms with Crippen molar-refractivity contribution in [1.29, 1.82) is 0 Å². The monoisotopic (exact) mass is 544 g/mol. The molecule has 0 radical (unpaired) electrons. The molecule has 1 unspecified atom stereocenters. The summed E-state index contributed by atoms with van der Waals surface area (Å²) in [6.07, 6.45) is 5.12. The van der Waals surface area contributed by atoms with E-state index in [0.29, 0.717) is 5.69 Å². The predicted octanol–water partition coefficient (Wildman–Crippen LogP) is 4.57. The quantitative estimate of drug-likeness (QED) is 0.431. The maximum Gasteiger partial charge on any atom is 0.242 e. The number of halogens is 1. The zero-order chi connectivity index (χ0) is 24.3. The topological polar surface area (TPSA) is 93.2 Å². The lowest BCUT2D eigenvalue weighted by atomic mass is 9.92. The number of aromatic nitrogens is 2. The number of anilines is 1. The van der Waals surface area contributed by atoms with Crippen LogP contribution in [0.5, 0.6) is 5.75 Å². The number of hydrogen-bond donors (Lipinski definition) is 2. The van der Waals surface area contributed by atoms with Gasteiger partial charge in [-0.25, -0.2) is 23.1 Å². The Morgan fingerprint density at radius 2 is 2.00 bits per heavy atom. The van der Waals surface area contributed by atoms with E-state index in [4.69, 9.17) is 4.74 Å². The predicted molar refractivity (Wildman–Crippen MR) is 137 cm³/mol. The maximum atomic E-state index is 13.3. The van der Waals surface area contributed by atoms with Crippen LogP contribution in [0.15, 0.2) is 52.0 Å². The van der Waals surface area contributed by atoms with Crippen LogP contribution < -0.4 is 14.8 Å². The third-order valence-corrected chi connectivity index (χ3v) is 8.06. The van der Waals surface area contributed by atoms with Crippen molar-refractivity contribution < 1.29 is 13.2 Å². The van der Waals surface area contributed by atoms with Gasteiger partial charge in [-0.1, -0.05) is 28.9 Å². The van der Waals surface area contributed by atoms with E-state index < -0.39 is 10.0 Å². The Hall–Kier alpha value is -2.49. The molecule has 9 heteroatoms. The highest BCUT2D eigenvalue weighted by atomic mass is 79.9. The van der Waals surface area contributed by atoms with Gasteiger partial charge in [0.2, 0.25) is 10.0 Å². The molecule has 4 rings (SSSR count). The van der Waals surface area contributed by atoms with Crippen LogP contribution in [-0.2, 0) is 35.8 Å². The van der Waals surface area contributed by atoms with Gasteiger partial charge in [-0.3, -0.25) is 0 Å². The number of methoxy groups -OCH3 is 1. The smallest absolute Gasteiger partial charge is 0.242 e. The van der Waals surface area contributed by atoms with E-state index >= 15 is 0 Å². The molecule has 0 bridgehead atoms. The number of aryl methyl sites for hydroxylation is 3. The molecule has 0 saturated heterocycles. The molecule has 0 aliphatic heterocycles. The highest BCUT2D eigenvalue weighted by molar-refractivity contribution is 9.10. The van der Waals surface area contributed by atoms with Crippen LogP contribution in [-0.4, -0.2) is 31.5 Å². The Morgan fingerprint density at radius 1 is 1.18 bits per heavy atom. The van der Waals surface area contributed by atoms with Crippen molar-refractivity contribution in [2.75, 3.05) is 12.4 Å². The van der Waals surface area contributed by atoms with Crippen molar-refractivity contribution in [2.24, 2.45) is 0 Å². The van der Waals surface area contributed by atoms with Gasteiger partial charge in [0.15, 0.2) is 0 Å². The Balaban J connectivity index is 1.54. The van der Waals surface area contributed by atoms with Crippen LogP contribution in [0.1, 0.15) is 41.6 Å². The van der Waals surface area contributed by atoms with E-state index in [1.54, 1.807) is 19.2 Å². The van der Waals surface area contributed by atoms with Crippen LogP contribution in [0.4, 0.5) is 5.69 Å². The first kappa shape index (κ1) is 24.6. The summed E-state index contributed by atoms with van der Waals surface area (Å²) in [5, 5.41) is 3.47. The zero-order valence-corrected chi connectivity index (χ0v) is 22.0. The Labute approximate surface area is 209 Å². The van der Waals surface area contributed by atoms with Crippen LogP contribution in [0.2, 0.25) is 0 Å². The zero-order valence-electron chi connectivity index (χ0n) is 19.6. The molecule has 2 aromatic carbocycles. The Bertz CT molecular complexity index is 1300. The molecule has 0 amide bonds. The summed E-state index contributed by atoms with van der Waals surface area (Å²) in [5.41, 5.74) is 4.75. The second-order valence-electron chi connectivity index (χ2n) is 8.43. The van der Waals surface area contributed by atoms with Crippen molar-refractivity contribution >= 4 is 31.6 Å². The van der Waals surface area contributed by atoms with E-state index in [2.05, 4.69) is 35.9 Å². The summed E-state index contributed by atoms with van der Waals surface area (Å²) in [6, 6.07) is 11.0. The number of ether oxygens (including phenoxy) is 1. The van der Waals surface area contributed by atoms with Gasteiger partial charge in [0.25, 0.3) is 0 Å². The molecule has 180 valence electrons. The first-order valence-electron chi connectivity index (χ1n) is 11.3. The van der Waals surface area contributed by atoms with Crippen LogP contribution in [0, 0.1) is 6.92 Å². The molecule has 34 heavy (non-hydrogen) atoms. The van der Waals surface area contributed by atoms with Gasteiger partial charge in [0, 0.05) is 29.0 Å². The van der Waals surface area contributed by atoms with Crippen molar-refractivity contribution in [2.45, 2.75) is 57.0 Å². The van der Waals surface area contributed by atoms with Gasteiger partial charge < -0.3 is 10.1 Å². The molecule has 0 fully saturated rings. The minimum absolute atomic E-state index is 0.0929. The second kappa shape index (κ2) is 10.4. The summed E-state index contributed by atoms with van der Waals surface area (Å²) in [5.74, 6) is 1.54. The molecular formula is C25H29BrN4O3S. The van der Waals surface area contributed by atoms with E-state index in [1.165, 1.54) is 0 Å². The first-order valence-corrected chi connectivity index (χ1v) is 13.6.